The normalized spacial score (nSPS) is 31.0. The van der Waals surface area contributed by atoms with Crippen LogP contribution in [0.2, 0.25) is 0 Å². The summed E-state index contributed by atoms with van der Waals surface area (Å²) in [6.45, 7) is 20.8. The van der Waals surface area contributed by atoms with Gasteiger partial charge in [0.05, 0.1) is 0 Å². The first-order valence-corrected chi connectivity index (χ1v) is 10.8. The van der Waals surface area contributed by atoms with E-state index in [1.54, 1.807) is 0 Å². The van der Waals surface area contributed by atoms with Crippen molar-refractivity contribution in [1.82, 2.24) is 9.80 Å². The van der Waals surface area contributed by atoms with Gasteiger partial charge in [0.15, 0.2) is 0 Å². The van der Waals surface area contributed by atoms with Gasteiger partial charge in [-0.15, -0.1) is 0 Å². The number of rotatable bonds is 8. The van der Waals surface area contributed by atoms with Crippen LogP contribution in [-0.2, 0) is 0 Å². The van der Waals surface area contributed by atoms with E-state index < -0.39 is 0 Å². The molecule has 2 fully saturated rings. The first kappa shape index (κ1) is 20.2. The molecule has 2 aliphatic heterocycles. The quantitative estimate of drug-likeness (QED) is 0.595. The molecule has 2 nitrogen and oxygen atoms in total. The van der Waals surface area contributed by atoms with Crippen LogP contribution in [0.25, 0.3) is 0 Å². The predicted molar refractivity (Wildman–Crippen MR) is 106 cm³/mol. The molecule has 4 unspecified atom stereocenters. The van der Waals surface area contributed by atoms with Crippen LogP contribution in [0.5, 0.6) is 0 Å². The van der Waals surface area contributed by atoms with Crippen LogP contribution in [-0.4, -0.2) is 47.6 Å². The third kappa shape index (κ3) is 5.73. The Hall–Kier alpha value is -0.0800. The van der Waals surface area contributed by atoms with Gasteiger partial charge in [0, 0.05) is 31.2 Å². The van der Waals surface area contributed by atoms with Gasteiger partial charge in [0.1, 0.15) is 0 Å². The van der Waals surface area contributed by atoms with E-state index >= 15 is 0 Å². The van der Waals surface area contributed by atoms with Crippen LogP contribution in [0.15, 0.2) is 0 Å². The van der Waals surface area contributed by atoms with Crippen LogP contribution >= 0.6 is 0 Å². The van der Waals surface area contributed by atoms with E-state index in [1.807, 2.05) is 0 Å². The molecule has 0 N–H and O–H groups in total. The summed E-state index contributed by atoms with van der Waals surface area (Å²) in [5, 5.41) is 0. The summed E-state index contributed by atoms with van der Waals surface area (Å²) in [5.74, 6) is 3.55. The molecule has 24 heavy (non-hydrogen) atoms. The Morgan fingerprint density at radius 1 is 0.792 bits per heavy atom. The monoisotopic (exact) mass is 336 g/mol. The zero-order chi connectivity index (χ0) is 17.9. The molecule has 0 aromatic rings. The van der Waals surface area contributed by atoms with Crippen LogP contribution < -0.4 is 0 Å². The lowest BCUT2D eigenvalue weighted by molar-refractivity contribution is 0.175. The molecule has 4 atom stereocenters. The number of nitrogens with zero attached hydrogens (tertiary/aromatic N) is 2. The SMILES string of the molecule is CC(C)CC1CCN(C(C)CC2CC(CC(C)C)N(C(C)C)C2)C1. The summed E-state index contributed by atoms with van der Waals surface area (Å²) >= 11 is 0. The predicted octanol–water partition coefficient (Wildman–Crippen LogP) is 5.28. The third-order valence-electron chi connectivity index (χ3n) is 6.37. The summed E-state index contributed by atoms with van der Waals surface area (Å²) in [6.07, 6.45) is 7.07. The topological polar surface area (TPSA) is 6.48 Å². The van der Waals surface area contributed by atoms with Crippen molar-refractivity contribution in [2.45, 2.75) is 98.7 Å². The average molecular weight is 337 g/mol. The third-order valence-corrected chi connectivity index (χ3v) is 6.37. The number of hydrogen-bond donors (Lipinski definition) is 0. The fourth-order valence-electron chi connectivity index (χ4n) is 5.37. The Balaban J connectivity index is 1.82. The Morgan fingerprint density at radius 3 is 2.04 bits per heavy atom. The van der Waals surface area contributed by atoms with Crippen LogP contribution in [0.4, 0.5) is 0 Å². The van der Waals surface area contributed by atoms with Crippen molar-refractivity contribution >= 4 is 0 Å². The van der Waals surface area contributed by atoms with E-state index in [0.717, 1.165) is 35.8 Å². The van der Waals surface area contributed by atoms with Gasteiger partial charge in [-0.2, -0.15) is 0 Å². The van der Waals surface area contributed by atoms with E-state index in [-0.39, 0.29) is 0 Å². The molecule has 0 aromatic heterocycles. The van der Waals surface area contributed by atoms with Gasteiger partial charge in [-0.1, -0.05) is 27.7 Å². The van der Waals surface area contributed by atoms with Gasteiger partial charge in [-0.05, 0) is 83.1 Å². The molecule has 2 heteroatoms. The molecule has 2 rings (SSSR count). The van der Waals surface area contributed by atoms with Crippen LogP contribution in [0.3, 0.4) is 0 Å². The second kappa shape index (κ2) is 9.03. The molecule has 0 amide bonds. The van der Waals surface area contributed by atoms with Crippen LogP contribution in [0, 0.1) is 23.7 Å². The molecule has 2 aliphatic rings. The lowest BCUT2D eigenvalue weighted by Crippen LogP contribution is -2.37. The first-order valence-electron chi connectivity index (χ1n) is 10.8. The fourth-order valence-corrected chi connectivity index (χ4v) is 5.37. The van der Waals surface area contributed by atoms with Crippen molar-refractivity contribution in [3.8, 4) is 0 Å². The maximum absolute atomic E-state index is 2.79. The minimum atomic E-state index is 0.705. The second-order valence-electron chi connectivity index (χ2n) is 10.0. The summed E-state index contributed by atoms with van der Waals surface area (Å²) in [6, 6.07) is 2.31. The molecule has 0 aliphatic carbocycles. The highest BCUT2D eigenvalue weighted by molar-refractivity contribution is 4.90. The first-order chi connectivity index (χ1) is 11.3. The van der Waals surface area contributed by atoms with Gasteiger partial charge in [-0.25, -0.2) is 0 Å². The number of hydrogen-bond acceptors (Lipinski definition) is 2. The van der Waals surface area contributed by atoms with E-state index in [4.69, 9.17) is 0 Å². The lowest BCUT2D eigenvalue weighted by Gasteiger charge is -2.29. The Kier molecular flexibility index (Phi) is 7.61. The summed E-state index contributed by atoms with van der Waals surface area (Å²) in [5.41, 5.74) is 0. The number of likely N-dealkylation sites (tertiary alicyclic amines) is 2. The maximum Gasteiger partial charge on any atom is 0.0104 e. The van der Waals surface area contributed by atoms with Gasteiger partial charge in [-0.3, -0.25) is 4.90 Å². The smallest absolute Gasteiger partial charge is 0.0104 e. The molecule has 2 saturated heterocycles. The molecule has 0 saturated carbocycles. The van der Waals surface area contributed by atoms with E-state index in [1.165, 1.54) is 51.7 Å². The van der Waals surface area contributed by atoms with Gasteiger partial charge >= 0.3 is 0 Å². The summed E-state index contributed by atoms with van der Waals surface area (Å²) in [4.78, 5) is 5.59. The van der Waals surface area contributed by atoms with Crippen LogP contribution in [0.1, 0.15) is 80.6 Å². The summed E-state index contributed by atoms with van der Waals surface area (Å²) < 4.78 is 0. The van der Waals surface area contributed by atoms with Gasteiger partial charge < -0.3 is 4.90 Å². The molecule has 0 spiro atoms. The van der Waals surface area contributed by atoms with Gasteiger partial charge in [0.25, 0.3) is 0 Å². The molecule has 0 radical (unpaired) electrons. The van der Waals surface area contributed by atoms with Gasteiger partial charge in [0.2, 0.25) is 0 Å². The largest absolute Gasteiger partial charge is 0.300 e. The van der Waals surface area contributed by atoms with Crippen molar-refractivity contribution in [1.29, 1.82) is 0 Å². The Labute approximate surface area is 152 Å². The minimum Gasteiger partial charge on any atom is -0.300 e. The van der Waals surface area contributed by atoms with Crippen molar-refractivity contribution in [2.24, 2.45) is 23.7 Å². The van der Waals surface area contributed by atoms with E-state index in [9.17, 15) is 0 Å². The lowest BCUT2D eigenvalue weighted by atomic mass is 9.93. The average Bonchev–Trinajstić information content (AvgIpc) is 3.04. The van der Waals surface area contributed by atoms with Crippen molar-refractivity contribution in [3.05, 3.63) is 0 Å². The van der Waals surface area contributed by atoms with Crippen molar-refractivity contribution < 1.29 is 0 Å². The standard InChI is InChI=1S/C22H44N2/c1-16(2)10-20-8-9-23(14-20)19(7)12-21-13-22(11-17(3)4)24(15-21)18(5)6/h16-22H,8-15H2,1-7H3. The van der Waals surface area contributed by atoms with E-state index in [0.29, 0.717) is 6.04 Å². The molecule has 0 bridgehead atoms. The molecule has 142 valence electrons. The van der Waals surface area contributed by atoms with Crippen molar-refractivity contribution in [3.63, 3.8) is 0 Å². The summed E-state index contributed by atoms with van der Waals surface area (Å²) in [7, 11) is 0. The zero-order valence-corrected chi connectivity index (χ0v) is 17.6. The Morgan fingerprint density at radius 2 is 1.46 bits per heavy atom. The van der Waals surface area contributed by atoms with E-state index in [2.05, 4.69) is 58.3 Å². The highest BCUT2D eigenvalue weighted by Gasteiger charge is 2.35. The van der Waals surface area contributed by atoms with Crippen molar-refractivity contribution in [2.75, 3.05) is 19.6 Å². The second-order valence-corrected chi connectivity index (χ2v) is 10.0. The maximum atomic E-state index is 2.79. The highest BCUT2D eigenvalue weighted by atomic mass is 15.2. The Bertz CT molecular complexity index is 363. The highest BCUT2D eigenvalue weighted by Crippen LogP contribution is 2.34. The molecular formula is C22H44N2. The fraction of sp³-hybridized carbons (Fsp3) is 1.00. The molecular weight excluding hydrogens is 292 g/mol. The molecule has 0 aromatic carbocycles. The zero-order valence-electron chi connectivity index (χ0n) is 17.6. The minimum absolute atomic E-state index is 0.705. The molecule has 2 heterocycles.